The highest BCUT2D eigenvalue weighted by Gasteiger charge is 2.46. The zero-order chi connectivity index (χ0) is 12.0. The second kappa shape index (κ2) is 3.59. The molecule has 1 spiro atoms. The third kappa shape index (κ3) is 2.01. The molecule has 6 nitrogen and oxygen atoms in total. The van der Waals surface area contributed by atoms with E-state index in [1.807, 2.05) is 0 Å². The summed E-state index contributed by atoms with van der Waals surface area (Å²) >= 11 is 0. The maximum absolute atomic E-state index is 11.4. The van der Waals surface area contributed by atoms with Crippen molar-refractivity contribution < 1.29 is 18.3 Å². The molecule has 0 aromatic carbocycles. The Morgan fingerprint density at radius 2 is 1.88 bits per heavy atom. The van der Waals surface area contributed by atoms with Crippen LogP contribution in [0.3, 0.4) is 0 Å². The lowest BCUT2D eigenvalue weighted by molar-refractivity contribution is 0.149. The Kier molecular flexibility index (Phi) is 2.62. The summed E-state index contributed by atoms with van der Waals surface area (Å²) in [6.07, 6.45) is 1.83. The van der Waals surface area contributed by atoms with Gasteiger partial charge in [-0.25, -0.2) is 17.5 Å². The predicted octanol–water partition coefficient (Wildman–Crippen LogP) is 0.0218. The van der Waals surface area contributed by atoms with Crippen LogP contribution >= 0.6 is 0 Å². The second-order valence-electron chi connectivity index (χ2n) is 4.80. The summed E-state index contributed by atoms with van der Waals surface area (Å²) in [6, 6.07) is 0. The van der Waals surface area contributed by atoms with E-state index in [0.29, 0.717) is 26.2 Å². The molecule has 1 amide bonds. The van der Waals surface area contributed by atoms with E-state index in [1.165, 1.54) is 15.5 Å². The quantitative estimate of drug-likeness (QED) is 0.709. The fourth-order valence-corrected chi connectivity index (χ4v) is 3.54. The van der Waals surface area contributed by atoms with Crippen LogP contribution < -0.4 is 0 Å². The van der Waals surface area contributed by atoms with Gasteiger partial charge in [0.2, 0.25) is 10.0 Å². The van der Waals surface area contributed by atoms with Crippen molar-refractivity contribution >= 4 is 16.1 Å². The molecule has 1 N–H and O–H groups in total. The van der Waals surface area contributed by atoms with Crippen molar-refractivity contribution in [1.82, 2.24) is 9.21 Å². The largest absolute Gasteiger partial charge is 0.465 e. The number of hydrogen-bond acceptors (Lipinski definition) is 3. The lowest BCUT2D eigenvalue weighted by atomic mass is 9.87. The molecule has 2 rings (SSSR count). The van der Waals surface area contributed by atoms with Crippen molar-refractivity contribution in [3.8, 4) is 0 Å². The van der Waals surface area contributed by atoms with Crippen LogP contribution in [-0.4, -0.2) is 61.3 Å². The highest BCUT2D eigenvalue weighted by molar-refractivity contribution is 7.88. The van der Waals surface area contributed by atoms with Crippen LogP contribution in [0.1, 0.15) is 12.8 Å². The summed E-state index contributed by atoms with van der Waals surface area (Å²) in [5.41, 5.74) is -0.137. The first-order valence-corrected chi connectivity index (χ1v) is 7.10. The molecule has 0 aliphatic carbocycles. The van der Waals surface area contributed by atoms with Crippen molar-refractivity contribution in [1.29, 1.82) is 0 Å². The molecule has 0 bridgehead atoms. The Morgan fingerprint density at radius 1 is 1.25 bits per heavy atom. The third-order valence-electron chi connectivity index (χ3n) is 3.58. The summed E-state index contributed by atoms with van der Waals surface area (Å²) in [4.78, 5) is 12.2. The van der Waals surface area contributed by atoms with Gasteiger partial charge in [0.25, 0.3) is 0 Å². The van der Waals surface area contributed by atoms with Gasteiger partial charge in [-0.1, -0.05) is 0 Å². The Bertz CT molecular complexity index is 408. The van der Waals surface area contributed by atoms with Gasteiger partial charge in [0.1, 0.15) is 0 Å². The third-order valence-corrected chi connectivity index (χ3v) is 4.83. The zero-order valence-corrected chi connectivity index (χ0v) is 10.0. The van der Waals surface area contributed by atoms with Gasteiger partial charge >= 0.3 is 6.09 Å². The molecule has 16 heavy (non-hydrogen) atoms. The summed E-state index contributed by atoms with van der Waals surface area (Å²) in [5.74, 6) is 0. The normalized spacial score (nSPS) is 31.4. The second-order valence-corrected chi connectivity index (χ2v) is 6.78. The Hall–Kier alpha value is -0.820. The first-order valence-electron chi connectivity index (χ1n) is 5.25. The number of likely N-dealkylation sites (tertiary alicyclic amines) is 1. The highest BCUT2D eigenvalue weighted by Crippen LogP contribution is 2.40. The van der Waals surface area contributed by atoms with Gasteiger partial charge in [0.15, 0.2) is 0 Å². The van der Waals surface area contributed by atoms with Crippen molar-refractivity contribution in [2.45, 2.75) is 12.8 Å². The van der Waals surface area contributed by atoms with E-state index in [-0.39, 0.29) is 5.41 Å². The average molecular weight is 248 g/mol. The van der Waals surface area contributed by atoms with Crippen LogP contribution in [0.4, 0.5) is 4.79 Å². The first kappa shape index (κ1) is 11.7. The van der Waals surface area contributed by atoms with E-state index >= 15 is 0 Å². The molecule has 2 aliphatic heterocycles. The van der Waals surface area contributed by atoms with E-state index in [4.69, 9.17) is 5.11 Å². The van der Waals surface area contributed by atoms with Crippen LogP contribution in [-0.2, 0) is 10.0 Å². The number of sulfonamides is 1. The zero-order valence-electron chi connectivity index (χ0n) is 9.22. The van der Waals surface area contributed by atoms with Crippen LogP contribution in [0.25, 0.3) is 0 Å². The molecule has 1 atom stereocenters. The van der Waals surface area contributed by atoms with Crippen LogP contribution in [0, 0.1) is 5.41 Å². The number of nitrogens with zero attached hydrogens (tertiary/aromatic N) is 2. The number of hydrogen-bond donors (Lipinski definition) is 1. The van der Waals surface area contributed by atoms with Gasteiger partial charge in [0.05, 0.1) is 6.26 Å². The smallest absolute Gasteiger partial charge is 0.407 e. The van der Waals surface area contributed by atoms with E-state index in [0.717, 1.165) is 12.8 Å². The standard InChI is InChI=1S/C9H16N2O4S/c1-16(14,15)11-5-3-9(7-11)2-4-10(6-9)8(12)13/h2-7H2,1H3,(H,12,13). The molecular formula is C9H16N2O4S. The van der Waals surface area contributed by atoms with E-state index in [1.54, 1.807) is 0 Å². The van der Waals surface area contributed by atoms with Gasteiger partial charge in [-0.05, 0) is 12.8 Å². The highest BCUT2D eigenvalue weighted by atomic mass is 32.2. The Balaban J connectivity index is 2.06. The van der Waals surface area contributed by atoms with Crippen LogP contribution in [0.15, 0.2) is 0 Å². The van der Waals surface area contributed by atoms with Crippen molar-refractivity contribution in [3.63, 3.8) is 0 Å². The molecule has 0 radical (unpaired) electrons. The topological polar surface area (TPSA) is 77.9 Å². The summed E-state index contributed by atoms with van der Waals surface area (Å²) < 4.78 is 24.2. The first-order chi connectivity index (χ1) is 7.32. The van der Waals surface area contributed by atoms with Crippen molar-refractivity contribution in [3.05, 3.63) is 0 Å². The van der Waals surface area contributed by atoms with Gasteiger partial charge in [-0.2, -0.15) is 0 Å². The minimum absolute atomic E-state index is 0.137. The molecule has 7 heteroatoms. The molecule has 2 aliphatic rings. The fourth-order valence-electron chi connectivity index (χ4n) is 2.61. The lowest BCUT2D eigenvalue weighted by Crippen LogP contribution is -2.34. The molecule has 1 unspecified atom stereocenters. The van der Waals surface area contributed by atoms with Crippen molar-refractivity contribution in [2.75, 3.05) is 32.4 Å². The summed E-state index contributed by atoms with van der Waals surface area (Å²) in [5, 5.41) is 8.88. The van der Waals surface area contributed by atoms with Gasteiger partial charge < -0.3 is 10.0 Å². The van der Waals surface area contributed by atoms with Gasteiger partial charge in [-0.3, -0.25) is 0 Å². The maximum atomic E-state index is 11.4. The number of carbonyl (C=O) groups is 1. The SMILES string of the molecule is CS(=O)(=O)N1CCC2(CCN(C(=O)O)C2)C1. The van der Waals surface area contributed by atoms with Crippen molar-refractivity contribution in [2.24, 2.45) is 5.41 Å². The number of amides is 1. The Morgan fingerprint density at radius 3 is 2.31 bits per heavy atom. The molecule has 0 saturated carbocycles. The average Bonchev–Trinajstić information content (AvgIpc) is 2.73. The van der Waals surface area contributed by atoms with E-state index in [2.05, 4.69) is 0 Å². The molecular weight excluding hydrogens is 232 g/mol. The minimum atomic E-state index is -3.14. The summed E-state index contributed by atoms with van der Waals surface area (Å²) in [6.45, 7) is 1.98. The molecule has 0 aromatic heterocycles. The monoisotopic (exact) mass is 248 g/mol. The van der Waals surface area contributed by atoms with Gasteiger partial charge in [-0.15, -0.1) is 0 Å². The summed E-state index contributed by atoms with van der Waals surface area (Å²) in [7, 11) is -3.14. The van der Waals surface area contributed by atoms with E-state index < -0.39 is 16.1 Å². The fraction of sp³-hybridized carbons (Fsp3) is 0.889. The molecule has 2 saturated heterocycles. The van der Waals surface area contributed by atoms with E-state index in [9.17, 15) is 13.2 Å². The molecule has 0 aromatic rings. The van der Waals surface area contributed by atoms with Gasteiger partial charge in [0, 0.05) is 31.6 Å². The van der Waals surface area contributed by atoms with Crippen LogP contribution in [0.5, 0.6) is 0 Å². The van der Waals surface area contributed by atoms with Crippen LogP contribution in [0.2, 0.25) is 0 Å². The predicted molar refractivity (Wildman–Crippen MR) is 57.7 cm³/mol. The lowest BCUT2D eigenvalue weighted by Gasteiger charge is -2.22. The Labute approximate surface area is 94.9 Å². The molecule has 92 valence electrons. The maximum Gasteiger partial charge on any atom is 0.407 e. The minimum Gasteiger partial charge on any atom is -0.465 e. The molecule has 2 fully saturated rings. The number of carboxylic acid groups (broad SMARTS) is 1. The molecule has 2 heterocycles. The number of rotatable bonds is 1.